The third-order valence-electron chi connectivity index (χ3n) is 3.51. The van der Waals surface area contributed by atoms with Crippen molar-refractivity contribution >= 4 is 21.7 Å². The fourth-order valence-electron chi connectivity index (χ4n) is 1.78. The Labute approximate surface area is 132 Å². The Morgan fingerprint density at radius 2 is 1.77 bits per heavy atom. The fourth-order valence-corrected chi connectivity index (χ4v) is 3.13. The molecule has 1 aromatic carbocycles. The molecule has 0 saturated heterocycles. The van der Waals surface area contributed by atoms with E-state index in [0.29, 0.717) is 12.1 Å². The van der Waals surface area contributed by atoms with Gasteiger partial charge in [0.15, 0.2) is 0 Å². The predicted molar refractivity (Wildman–Crippen MR) is 86.9 cm³/mol. The van der Waals surface area contributed by atoms with Gasteiger partial charge >= 0.3 is 5.97 Å². The fraction of sp³-hybridized carbons (Fsp3) is 0.533. The minimum absolute atomic E-state index is 0.0418. The first kappa shape index (κ1) is 18.4. The minimum atomic E-state index is -3.72. The third kappa shape index (κ3) is 4.71. The van der Waals surface area contributed by atoms with Crippen LogP contribution in [-0.2, 0) is 10.0 Å². The van der Waals surface area contributed by atoms with E-state index in [2.05, 4.69) is 10.0 Å². The van der Waals surface area contributed by atoms with Crippen molar-refractivity contribution in [1.29, 1.82) is 0 Å². The van der Waals surface area contributed by atoms with Crippen LogP contribution >= 0.6 is 0 Å². The molecule has 22 heavy (non-hydrogen) atoms. The highest BCUT2D eigenvalue weighted by Gasteiger charge is 2.20. The van der Waals surface area contributed by atoms with Crippen molar-refractivity contribution in [3.8, 4) is 0 Å². The molecule has 0 amide bonds. The maximum atomic E-state index is 12.2. The van der Waals surface area contributed by atoms with E-state index >= 15 is 0 Å². The summed E-state index contributed by atoms with van der Waals surface area (Å²) in [5, 5.41) is 12.4. The van der Waals surface area contributed by atoms with Crippen LogP contribution in [0.25, 0.3) is 0 Å². The molecule has 0 aliphatic rings. The monoisotopic (exact) mass is 328 g/mol. The van der Waals surface area contributed by atoms with E-state index in [1.165, 1.54) is 18.2 Å². The smallest absolute Gasteiger partial charge is 0.337 e. The lowest BCUT2D eigenvalue weighted by atomic mass is 10.1. The Bertz CT molecular complexity index is 628. The second-order valence-corrected chi connectivity index (χ2v) is 7.11. The summed E-state index contributed by atoms with van der Waals surface area (Å²) in [6.45, 7) is 7.54. The van der Waals surface area contributed by atoms with Gasteiger partial charge in [-0.2, -0.15) is 0 Å². The van der Waals surface area contributed by atoms with Crippen LogP contribution in [-0.4, -0.2) is 31.6 Å². The number of hydrogen-bond acceptors (Lipinski definition) is 4. The highest BCUT2D eigenvalue weighted by molar-refractivity contribution is 7.89. The van der Waals surface area contributed by atoms with Crippen LogP contribution in [0.1, 0.15) is 50.9 Å². The van der Waals surface area contributed by atoms with Gasteiger partial charge in [0.1, 0.15) is 0 Å². The van der Waals surface area contributed by atoms with Gasteiger partial charge in [-0.3, -0.25) is 0 Å². The maximum Gasteiger partial charge on any atom is 0.337 e. The number of carbonyl (C=O) groups is 1. The molecular weight excluding hydrogens is 304 g/mol. The van der Waals surface area contributed by atoms with Crippen LogP contribution in [0.2, 0.25) is 0 Å². The number of aromatic carboxylic acids is 1. The molecule has 0 unspecified atom stereocenters. The normalized spacial score (nSPS) is 14.4. The SMILES string of the molecule is CC[C@@H](C)Nc1ccc(S(=O)(=O)N[C@H](C)CC)cc1C(=O)O. The number of hydrogen-bond donors (Lipinski definition) is 3. The van der Waals surface area contributed by atoms with Crippen molar-refractivity contribution in [2.24, 2.45) is 0 Å². The molecule has 0 fully saturated rings. The van der Waals surface area contributed by atoms with Crippen LogP contribution in [0.15, 0.2) is 23.1 Å². The number of carboxylic acid groups (broad SMARTS) is 1. The minimum Gasteiger partial charge on any atom is -0.478 e. The van der Waals surface area contributed by atoms with E-state index in [9.17, 15) is 18.3 Å². The van der Waals surface area contributed by atoms with E-state index in [4.69, 9.17) is 0 Å². The molecule has 0 spiro atoms. The van der Waals surface area contributed by atoms with Gasteiger partial charge in [-0.15, -0.1) is 0 Å². The molecular formula is C15H24N2O4S. The van der Waals surface area contributed by atoms with Gasteiger partial charge < -0.3 is 10.4 Å². The predicted octanol–water partition coefficient (Wildman–Crippen LogP) is 2.67. The first-order chi connectivity index (χ1) is 10.2. The number of benzene rings is 1. The molecule has 0 aromatic heterocycles. The molecule has 6 nitrogen and oxygen atoms in total. The van der Waals surface area contributed by atoms with E-state index in [0.717, 1.165) is 6.42 Å². The highest BCUT2D eigenvalue weighted by Crippen LogP contribution is 2.22. The zero-order valence-corrected chi connectivity index (χ0v) is 14.2. The number of rotatable bonds is 8. The summed E-state index contributed by atoms with van der Waals surface area (Å²) >= 11 is 0. The van der Waals surface area contributed by atoms with Crippen LogP contribution in [0, 0.1) is 0 Å². The van der Waals surface area contributed by atoms with E-state index < -0.39 is 16.0 Å². The summed E-state index contributed by atoms with van der Waals surface area (Å²) in [5.74, 6) is -1.16. The molecule has 2 atom stereocenters. The molecule has 0 radical (unpaired) electrons. The Morgan fingerprint density at radius 3 is 2.27 bits per heavy atom. The van der Waals surface area contributed by atoms with Gasteiger partial charge in [0.25, 0.3) is 0 Å². The lowest BCUT2D eigenvalue weighted by Gasteiger charge is -2.17. The average Bonchev–Trinajstić information content (AvgIpc) is 2.46. The largest absolute Gasteiger partial charge is 0.478 e. The molecule has 0 saturated carbocycles. The number of carboxylic acids is 1. The maximum absolute atomic E-state index is 12.2. The van der Waals surface area contributed by atoms with Gasteiger partial charge in [0.05, 0.1) is 10.5 Å². The molecule has 1 aromatic rings. The second-order valence-electron chi connectivity index (χ2n) is 5.40. The summed E-state index contributed by atoms with van der Waals surface area (Å²) in [4.78, 5) is 11.4. The number of anilines is 1. The van der Waals surface area contributed by atoms with Gasteiger partial charge in [-0.05, 0) is 44.9 Å². The topological polar surface area (TPSA) is 95.5 Å². The Hall–Kier alpha value is -1.60. The van der Waals surface area contributed by atoms with Gasteiger partial charge in [-0.1, -0.05) is 13.8 Å². The molecule has 0 aliphatic carbocycles. The van der Waals surface area contributed by atoms with Crippen LogP contribution in [0.4, 0.5) is 5.69 Å². The van der Waals surface area contributed by atoms with Gasteiger partial charge in [0.2, 0.25) is 10.0 Å². The molecule has 0 heterocycles. The molecule has 7 heteroatoms. The summed E-state index contributed by atoms with van der Waals surface area (Å²) < 4.78 is 27.0. The van der Waals surface area contributed by atoms with Crippen LogP contribution in [0.5, 0.6) is 0 Å². The van der Waals surface area contributed by atoms with Crippen molar-refractivity contribution in [1.82, 2.24) is 4.72 Å². The Kier molecular flexibility index (Phi) is 6.37. The first-order valence-corrected chi connectivity index (χ1v) is 8.85. The van der Waals surface area contributed by atoms with Crippen LogP contribution in [0.3, 0.4) is 0 Å². The van der Waals surface area contributed by atoms with Gasteiger partial charge in [-0.25, -0.2) is 17.9 Å². The standard InChI is InChI=1S/C15H24N2O4S/c1-5-10(3)16-14-8-7-12(9-13(14)15(18)19)22(20,21)17-11(4)6-2/h7-11,16-17H,5-6H2,1-4H3,(H,18,19)/t10-,11-/m1/s1. The zero-order valence-electron chi connectivity index (χ0n) is 13.4. The van der Waals surface area contributed by atoms with Crippen molar-refractivity contribution in [2.45, 2.75) is 57.5 Å². The van der Waals surface area contributed by atoms with E-state index in [-0.39, 0.29) is 22.5 Å². The quantitative estimate of drug-likeness (QED) is 0.682. The molecule has 124 valence electrons. The molecule has 1 rings (SSSR count). The first-order valence-electron chi connectivity index (χ1n) is 7.37. The average molecular weight is 328 g/mol. The number of nitrogens with one attached hydrogen (secondary N) is 2. The lowest BCUT2D eigenvalue weighted by molar-refractivity contribution is 0.0697. The van der Waals surface area contributed by atoms with E-state index in [1.807, 2.05) is 20.8 Å². The lowest BCUT2D eigenvalue weighted by Crippen LogP contribution is -2.32. The van der Waals surface area contributed by atoms with Crippen molar-refractivity contribution in [3.63, 3.8) is 0 Å². The Balaban J connectivity index is 3.20. The number of sulfonamides is 1. The van der Waals surface area contributed by atoms with Crippen molar-refractivity contribution in [3.05, 3.63) is 23.8 Å². The van der Waals surface area contributed by atoms with Crippen LogP contribution < -0.4 is 10.0 Å². The second kappa shape index (κ2) is 7.60. The summed E-state index contributed by atoms with van der Waals surface area (Å²) in [7, 11) is -3.72. The summed E-state index contributed by atoms with van der Waals surface area (Å²) in [5.41, 5.74) is 0.372. The molecule has 0 bridgehead atoms. The van der Waals surface area contributed by atoms with E-state index in [1.54, 1.807) is 6.92 Å². The highest BCUT2D eigenvalue weighted by atomic mass is 32.2. The third-order valence-corrected chi connectivity index (χ3v) is 5.10. The zero-order chi connectivity index (χ0) is 16.9. The van der Waals surface area contributed by atoms with Crippen molar-refractivity contribution < 1.29 is 18.3 Å². The molecule has 0 aliphatic heterocycles. The van der Waals surface area contributed by atoms with Crippen molar-refractivity contribution in [2.75, 3.05) is 5.32 Å². The summed E-state index contributed by atoms with van der Waals surface area (Å²) in [6.07, 6.45) is 1.48. The Morgan fingerprint density at radius 1 is 1.18 bits per heavy atom. The molecule has 3 N–H and O–H groups in total. The summed E-state index contributed by atoms with van der Waals surface area (Å²) in [6, 6.07) is 4.00. The van der Waals surface area contributed by atoms with Gasteiger partial charge in [0, 0.05) is 17.8 Å².